The first-order chi connectivity index (χ1) is 11.1. The molecule has 1 aromatic carbocycles. The molecule has 1 N–H and O–H groups in total. The molecule has 7 heteroatoms. The Labute approximate surface area is 146 Å². The fourth-order valence-electron chi connectivity index (χ4n) is 2.11. The Kier molecular flexibility index (Phi) is 4.83. The Balaban J connectivity index is 1.57. The van der Waals surface area contributed by atoms with E-state index in [1.807, 2.05) is 18.3 Å². The molecule has 0 unspecified atom stereocenters. The monoisotopic (exact) mass is 393 g/mol. The van der Waals surface area contributed by atoms with E-state index >= 15 is 0 Å². The number of amides is 1. The van der Waals surface area contributed by atoms with E-state index in [4.69, 9.17) is 16.0 Å². The molecule has 118 valence electrons. The van der Waals surface area contributed by atoms with E-state index in [-0.39, 0.29) is 5.91 Å². The number of benzene rings is 1. The highest BCUT2D eigenvalue weighted by atomic mass is 79.9. The maximum Gasteiger partial charge on any atom is 0.252 e. The molecule has 23 heavy (non-hydrogen) atoms. The smallest absolute Gasteiger partial charge is 0.252 e. The van der Waals surface area contributed by atoms with Crippen molar-refractivity contribution < 1.29 is 9.21 Å². The van der Waals surface area contributed by atoms with E-state index in [1.165, 1.54) is 0 Å². The minimum absolute atomic E-state index is 0.213. The minimum atomic E-state index is -0.213. The van der Waals surface area contributed by atoms with Crippen LogP contribution in [0.15, 0.2) is 57.9 Å². The van der Waals surface area contributed by atoms with E-state index in [1.54, 1.807) is 35.3 Å². The van der Waals surface area contributed by atoms with Gasteiger partial charge < -0.3 is 9.73 Å². The summed E-state index contributed by atoms with van der Waals surface area (Å²) in [4.78, 5) is 12.1. The van der Waals surface area contributed by atoms with Crippen LogP contribution in [0.5, 0.6) is 0 Å². The van der Waals surface area contributed by atoms with Crippen LogP contribution in [0.25, 0.3) is 11.3 Å². The van der Waals surface area contributed by atoms with Gasteiger partial charge in [0.05, 0.1) is 35.2 Å². The largest absolute Gasteiger partial charge is 0.464 e. The zero-order valence-electron chi connectivity index (χ0n) is 12.0. The van der Waals surface area contributed by atoms with Gasteiger partial charge in [-0.15, -0.1) is 0 Å². The van der Waals surface area contributed by atoms with Crippen LogP contribution in [0.1, 0.15) is 10.4 Å². The number of hydrogen-bond acceptors (Lipinski definition) is 3. The van der Waals surface area contributed by atoms with E-state index < -0.39 is 0 Å². The highest BCUT2D eigenvalue weighted by molar-refractivity contribution is 9.10. The molecule has 2 heterocycles. The molecule has 1 amide bonds. The van der Waals surface area contributed by atoms with E-state index in [9.17, 15) is 4.79 Å². The predicted molar refractivity (Wildman–Crippen MR) is 91.4 cm³/mol. The number of carbonyl (C=O) groups is 1. The van der Waals surface area contributed by atoms with Crippen molar-refractivity contribution in [3.8, 4) is 11.3 Å². The normalized spacial score (nSPS) is 10.7. The van der Waals surface area contributed by atoms with Crippen LogP contribution >= 0.6 is 27.5 Å². The second-order valence-electron chi connectivity index (χ2n) is 4.85. The summed E-state index contributed by atoms with van der Waals surface area (Å²) in [6.07, 6.45) is 5.22. The number of rotatable bonds is 5. The molecular formula is C16H13BrClN3O2. The molecule has 2 aromatic heterocycles. The standard InChI is InChI=1S/C16H13BrClN3O2/c17-12-3-4-14(18)13(8-12)16(22)19-5-6-21-10-11(9-20-21)15-2-1-7-23-15/h1-4,7-10H,5-6H2,(H,19,22). The quantitative estimate of drug-likeness (QED) is 0.712. The maximum atomic E-state index is 12.1. The number of carbonyl (C=O) groups excluding carboxylic acids is 1. The van der Waals surface area contributed by atoms with E-state index in [0.717, 1.165) is 15.8 Å². The van der Waals surface area contributed by atoms with Crippen molar-refractivity contribution in [1.29, 1.82) is 0 Å². The lowest BCUT2D eigenvalue weighted by molar-refractivity contribution is 0.0952. The van der Waals surface area contributed by atoms with Gasteiger partial charge in [0, 0.05) is 17.2 Å². The first-order valence-electron chi connectivity index (χ1n) is 6.93. The number of aromatic nitrogens is 2. The summed E-state index contributed by atoms with van der Waals surface area (Å²) in [5.74, 6) is 0.552. The lowest BCUT2D eigenvalue weighted by Gasteiger charge is -2.07. The van der Waals surface area contributed by atoms with Crippen LogP contribution in [-0.4, -0.2) is 22.2 Å². The first kappa shape index (κ1) is 15.8. The third-order valence-corrected chi connectivity index (χ3v) is 4.06. The summed E-state index contributed by atoms with van der Waals surface area (Å²) < 4.78 is 7.87. The highest BCUT2D eigenvalue weighted by Crippen LogP contribution is 2.21. The second-order valence-corrected chi connectivity index (χ2v) is 6.17. The zero-order chi connectivity index (χ0) is 16.2. The first-order valence-corrected chi connectivity index (χ1v) is 8.10. The van der Waals surface area contributed by atoms with Crippen LogP contribution in [-0.2, 0) is 6.54 Å². The summed E-state index contributed by atoms with van der Waals surface area (Å²) in [5, 5.41) is 7.50. The predicted octanol–water partition coefficient (Wildman–Crippen LogP) is 3.99. The van der Waals surface area contributed by atoms with Crippen molar-refractivity contribution in [3.05, 3.63) is 64.0 Å². The van der Waals surface area contributed by atoms with Gasteiger partial charge in [-0.05, 0) is 30.3 Å². The molecule has 0 saturated heterocycles. The fourth-order valence-corrected chi connectivity index (χ4v) is 2.67. The third-order valence-electron chi connectivity index (χ3n) is 3.24. The average molecular weight is 395 g/mol. The Morgan fingerprint density at radius 2 is 2.26 bits per heavy atom. The van der Waals surface area contributed by atoms with E-state index in [2.05, 4.69) is 26.3 Å². The van der Waals surface area contributed by atoms with Crippen LogP contribution < -0.4 is 5.32 Å². The molecule has 0 bridgehead atoms. The molecule has 3 rings (SSSR count). The molecule has 0 aliphatic heterocycles. The maximum absolute atomic E-state index is 12.1. The topological polar surface area (TPSA) is 60.1 Å². The highest BCUT2D eigenvalue weighted by Gasteiger charge is 2.10. The van der Waals surface area contributed by atoms with Crippen molar-refractivity contribution in [2.75, 3.05) is 6.54 Å². The Hall–Kier alpha value is -2.05. The SMILES string of the molecule is O=C(NCCn1cc(-c2ccco2)cn1)c1cc(Br)ccc1Cl. The molecule has 0 atom stereocenters. The molecular weight excluding hydrogens is 382 g/mol. The molecule has 0 radical (unpaired) electrons. The molecule has 0 aliphatic carbocycles. The van der Waals surface area contributed by atoms with Gasteiger partial charge in [0.2, 0.25) is 0 Å². The van der Waals surface area contributed by atoms with Gasteiger partial charge in [0.25, 0.3) is 5.91 Å². The molecule has 0 aliphatic rings. The number of nitrogens with one attached hydrogen (secondary N) is 1. The number of furan rings is 1. The van der Waals surface area contributed by atoms with Gasteiger partial charge in [-0.1, -0.05) is 27.5 Å². The molecule has 5 nitrogen and oxygen atoms in total. The lowest BCUT2D eigenvalue weighted by atomic mass is 10.2. The summed E-state index contributed by atoms with van der Waals surface area (Å²) in [6, 6.07) is 8.87. The van der Waals surface area contributed by atoms with Gasteiger partial charge in [-0.25, -0.2) is 0 Å². The van der Waals surface area contributed by atoms with Crippen LogP contribution in [0.4, 0.5) is 0 Å². The van der Waals surface area contributed by atoms with Crippen LogP contribution in [0.3, 0.4) is 0 Å². The van der Waals surface area contributed by atoms with Crippen LogP contribution in [0, 0.1) is 0 Å². The molecule has 0 fully saturated rings. The zero-order valence-corrected chi connectivity index (χ0v) is 14.3. The Morgan fingerprint density at radius 3 is 3.04 bits per heavy atom. The lowest BCUT2D eigenvalue weighted by Crippen LogP contribution is -2.27. The summed E-state index contributed by atoms with van der Waals surface area (Å²) in [7, 11) is 0. The number of hydrogen-bond donors (Lipinski definition) is 1. The summed E-state index contributed by atoms with van der Waals surface area (Å²) in [6.45, 7) is 0.999. The molecule has 0 spiro atoms. The fraction of sp³-hybridized carbons (Fsp3) is 0.125. The van der Waals surface area contributed by atoms with Gasteiger partial charge in [0.1, 0.15) is 5.76 Å². The third kappa shape index (κ3) is 3.83. The van der Waals surface area contributed by atoms with Gasteiger partial charge in [-0.2, -0.15) is 5.10 Å². The molecule has 0 saturated carbocycles. The van der Waals surface area contributed by atoms with Crippen molar-refractivity contribution in [3.63, 3.8) is 0 Å². The van der Waals surface area contributed by atoms with Crippen LogP contribution in [0.2, 0.25) is 5.02 Å². The van der Waals surface area contributed by atoms with E-state index in [0.29, 0.717) is 23.7 Å². The summed E-state index contributed by atoms with van der Waals surface area (Å²) in [5.41, 5.74) is 1.34. The summed E-state index contributed by atoms with van der Waals surface area (Å²) >= 11 is 9.37. The van der Waals surface area contributed by atoms with Gasteiger partial charge >= 0.3 is 0 Å². The van der Waals surface area contributed by atoms with Crippen molar-refractivity contribution in [2.45, 2.75) is 6.54 Å². The number of halogens is 2. The molecule has 3 aromatic rings. The van der Waals surface area contributed by atoms with Gasteiger partial charge in [0.15, 0.2) is 0 Å². The average Bonchev–Trinajstić information content (AvgIpc) is 3.20. The minimum Gasteiger partial charge on any atom is -0.464 e. The van der Waals surface area contributed by atoms with Crippen molar-refractivity contribution in [2.24, 2.45) is 0 Å². The van der Waals surface area contributed by atoms with Crippen molar-refractivity contribution in [1.82, 2.24) is 15.1 Å². The van der Waals surface area contributed by atoms with Crippen molar-refractivity contribution >= 4 is 33.4 Å². The Bertz CT molecular complexity index is 815. The van der Waals surface area contributed by atoms with Gasteiger partial charge in [-0.3, -0.25) is 9.48 Å². The number of nitrogens with zero attached hydrogens (tertiary/aromatic N) is 2. The Morgan fingerprint density at radius 1 is 1.39 bits per heavy atom. The second kappa shape index (κ2) is 7.02.